The fourth-order valence-electron chi connectivity index (χ4n) is 10.4. The van der Waals surface area contributed by atoms with Crippen LogP contribution < -0.4 is 5.32 Å². The first-order valence-corrected chi connectivity index (χ1v) is 31.4. The van der Waals surface area contributed by atoms with E-state index in [-0.39, 0.29) is 12.5 Å². The van der Waals surface area contributed by atoms with Gasteiger partial charge < -0.3 is 40.3 Å². The van der Waals surface area contributed by atoms with E-state index in [2.05, 4.69) is 31.3 Å². The Morgan fingerprint density at radius 1 is 0.465 bits per heavy atom. The number of ether oxygens (including phenoxy) is 2. The van der Waals surface area contributed by atoms with Crippen LogP contribution in [0.4, 0.5) is 0 Å². The number of carbonyl (C=O) groups is 1. The van der Waals surface area contributed by atoms with Crippen molar-refractivity contribution in [2.45, 2.75) is 365 Å². The number of hydrogen-bond acceptors (Lipinski definition) is 8. The van der Waals surface area contributed by atoms with Gasteiger partial charge in [0.25, 0.3) is 0 Å². The molecule has 0 bridgehead atoms. The fourth-order valence-corrected chi connectivity index (χ4v) is 10.4. The molecule has 0 aromatic rings. The lowest BCUT2D eigenvalue weighted by Crippen LogP contribution is -2.60. The molecule has 0 aromatic carbocycles. The molecule has 7 atom stereocenters. The summed E-state index contributed by atoms with van der Waals surface area (Å²) in [5.74, 6) is -0.143. The molecule has 9 heteroatoms. The van der Waals surface area contributed by atoms with Gasteiger partial charge in [0.05, 0.1) is 25.4 Å². The van der Waals surface area contributed by atoms with Gasteiger partial charge in [-0.3, -0.25) is 4.79 Å². The topological polar surface area (TPSA) is 149 Å². The van der Waals surface area contributed by atoms with Crippen LogP contribution in [0.15, 0.2) is 12.2 Å². The van der Waals surface area contributed by atoms with Crippen molar-refractivity contribution in [3.05, 3.63) is 12.2 Å². The van der Waals surface area contributed by atoms with Crippen LogP contribution in [0.1, 0.15) is 322 Å². The summed E-state index contributed by atoms with van der Waals surface area (Å²) in [4.78, 5) is 13.1. The van der Waals surface area contributed by atoms with Crippen molar-refractivity contribution >= 4 is 5.91 Å². The fraction of sp³-hybridized carbons (Fsp3) is 0.952. The second-order valence-electron chi connectivity index (χ2n) is 22.2. The Kier molecular flexibility index (Phi) is 50.1. The number of carbonyl (C=O) groups excluding carboxylic acids is 1. The van der Waals surface area contributed by atoms with Crippen LogP contribution in [0, 0.1) is 0 Å². The molecule has 1 saturated heterocycles. The largest absolute Gasteiger partial charge is 0.394 e. The minimum atomic E-state index is -1.55. The SMILES string of the molecule is CCCCCCCC/C=C\CCCCCCCCCC(=O)NC(COC1OC(CO)C(O)C(O)C1O)C(O)CCCCCCCCCCCCCCCCCCCCCCCCCCCCCCCCC. The number of aliphatic hydroxyl groups is 5. The number of amides is 1. The Bertz CT molecular complexity index is 1120. The molecular formula is C62H121NO8. The molecule has 1 fully saturated rings. The number of rotatable bonds is 55. The zero-order valence-corrected chi connectivity index (χ0v) is 47.0. The standard InChI is InChI=1S/C62H121NO8/c1-3-5-7-9-11-13-15-17-19-21-22-23-24-25-26-27-28-29-30-31-32-33-34-36-37-39-41-43-45-47-49-51-56(65)55(54-70-62-61(69)60(68)59(67)57(53-64)71-62)63-58(66)52-50-48-46-44-42-40-38-35-20-18-16-14-12-10-8-6-4-2/h18,20,55-57,59-62,64-65,67-69H,3-17,19,21-54H2,1-2H3,(H,63,66)/b20-18-. The van der Waals surface area contributed by atoms with E-state index in [1.165, 1.54) is 257 Å². The number of allylic oxidation sites excluding steroid dienone is 2. The molecule has 0 aromatic heterocycles. The first-order valence-electron chi connectivity index (χ1n) is 31.4. The summed E-state index contributed by atoms with van der Waals surface area (Å²) in [6, 6.07) is -0.719. The van der Waals surface area contributed by atoms with E-state index in [9.17, 15) is 30.3 Å². The van der Waals surface area contributed by atoms with Crippen LogP contribution in [0.3, 0.4) is 0 Å². The average Bonchev–Trinajstić information content (AvgIpc) is 3.37. The highest BCUT2D eigenvalue weighted by atomic mass is 16.7. The van der Waals surface area contributed by atoms with Crippen molar-refractivity contribution in [1.82, 2.24) is 5.32 Å². The molecule has 71 heavy (non-hydrogen) atoms. The Balaban J connectivity index is 2.12. The molecule has 1 heterocycles. The summed E-state index contributed by atoms with van der Waals surface area (Å²) in [6.07, 6.45) is 58.3. The van der Waals surface area contributed by atoms with Gasteiger partial charge in [-0.1, -0.05) is 289 Å². The normalized spacial score (nSPS) is 19.2. The van der Waals surface area contributed by atoms with E-state index in [1.54, 1.807) is 0 Å². The van der Waals surface area contributed by atoms with Gasteiger partial charge in [0, 0.05) is 6.42 Å². The van der Waals surface area contributed by atoms with Crippen LogP contribution in [-0.4, -0.2) is 87.5 Å². The number of aliphatic hydroxyl groups excluding tert-OH is 5. The second-order valence-corrected chi connectivity index (χ2v) is 22.2. The van der Waals surface area contributed by atoms with Gasteiger partial charge in [0.2, 0.25) is 5.91 Å². The lowest BCUT2D eigenvalue weighted by Gasteiger charge is -2.40. The molecule has 1 amide bonds. The molecule has 7 unspecified atom stereocenters. The third-order valence-electron chi connectivity index (χ3n) is 15.4. The van der Waals surface area contributed by atoms with Crippen LogP contribution in [-0.2, 0) is 14.3 Å². The number of nitrogens with one attached hydrogen (secondary N) is 1. The quantitative estimate of drug-likeness (QED) is 0.0261. The highest BCUT2D eigenvalue weighted by Gasteiger charge is 2.44. The summed E-state index contributed by atoms with van der Waals surface area (Å²) in [5.41, 5.74) is 0. The van der Waals surface area contributed by atoms with E-state index in [0.717, 1.165) is 38.5 Å². The van der Waals surface area contributed by atoms with E-state index >= 15 is 0 Å². The highest BCUT2D eigenvalue weighted by molar-refractivity contribution is 5.76. The predicted molar refractivity (Wildman–Crippen MR) is 300 cm³/mol. The summed E-state index contributed by atoms with van der Waals surface area (Å²) in [6.45, 7) is 3.87. The van der Waals surface area contributed by atoms with E-state index in [4.69, 9.17) is 9.47 Å². The highest BCUT2D eigenvalue weighted by Crippen LogP contribution is 2.24. The minimum Gasteiger partial charge on any atom is -0.394 e. The maximum Gasteiger partial charge on any atom is 0.220 e. The van der Waals surface area contributed by atoms with Crippen LogP contribution in [0.5, 0.6) is 0 Å². The van der Waals surface area contributed by atoms with Crippen molar-refractivity contribution in [1.29, 1.82) is 0 Å². The van der Waals surface area contributed by atoms with Gasteiger partial charge >= 0.3 is 0 Å². The predicted octanol–water partition coefficient (Wildman–Crippen LogP) is 16.0. The number of hydrogen-bond donors (Lipinski definition) is 6. The van der Waals surface area contributed by atoms with Gasteiger partial charge in [-0.15, -0.1) is 0 Å². The summed E-state index contributed by atoms with van der Waals surface area (Å²) in [7, 11) is 0. The van der Waals surface area contributed by atoms with Gasteiger partial charge in [-0.25, -0.2) is 0 Å². The van der Waals surface area contributed by atoms with Gasteiger partial charge in [0.15, 0.2) is 6.29 Å². The Morgan fingerprint density at radius 2 is 0.789 bits per heavy atom. The maximum atomic E-state index is 13.1. The van der Waals surface area contributed by atoms with Crippen molar-refractivity contribution in [3.8, 4) is 0 Å². The molecular weight excluding hydrogens is 887 g/mol. The molecule has 0 saturated carbocycles. The van der Waals surface area contributed by atoms with Crippen LogP contribution >= 0.6 is 0 Å². The van der Waals surface area contributed by atoms with E-state index in [0.29, 0.717) is 12.8 Å². The van der Waals surface area contributed by atoms with Crippen molar-refractivity contribution in [2.24, 2.45) is 0 Å². The first-order chi connectivity index (χ1) is 34.8. The molecule has 0 radical (unpaired) electrons. The Hall–Kier alpha value is -1.07. The van der Waals surface area contributed by atoms with Crippen molar-refractivity contribution in [2.75, 3.05) is 13.2 Å². The molecule has 422 valence electrons. The molecule has 6 N–H and O–H groups in total. The third-order valence-corrected chi connectivity index (χ3v) is 15.4. The molecule has 1 rings (SSSR count). The molecule has 0 spiro atoms. The Morgan fingerprint density at radius 3 is 1.14 bits per heavy atom. The van der Waals surface area contributed by atoms with Crippen LogP contribution in [0.25, 0.3) is 0 Å². The van der Waals surface area contributed by atoms with Gasteiger partial charge in [-0.2, -0.15) is 0 Å². The van der Waals surface area contributed by atoms with Gasteiger partial charge in [0.1, 0.15) is 24.4 Å². The first kappa shape index (κ1) is 67.9. The smallest absolute Gasteiger partial charge is 0.220 e. The molecule has 1 aliphatic rings. The Labute approximate surface area is 439 Å². The van der Waals surface area contributed by atoms with Gasteiger partial charge in [-0.05, 0) is 38.5 Å². The minimum absolute atomic E-state index is 0.135. The second kappa shape index (κ2) is 52.4. The summed E-state index contributed by atoms with van der Waals surface area (Å²) < 4.78 is 11.3. The average molecular weight is 1010 g/mol. The monoisotopic (exact) mass is 1010 g/mol. The number of unbranched alkanes of at least 4 members (excludes halogenated alkanes) is 43. The maximum absolute atomic E-state index is 13.1. The lowest BCUT2D eigenvalue weighted by molar-refractivity contribution is -0.302. The lowest BCUT2D eigenvalue weighted by atomic mass is 9.99. The van der Waals surface area contributed by atoms with Crippen molar-refractivity contribution < 1.29 is 39.8 Å². The van der Waals surface area contributed by atoms with E-state index < -0.39 is 49.5 Å². The summed E-state index contributed by atoms with van der Waals surface area (Å²) >= 11 is 0. The zero-order valence-electron chi connectivity index (χ0n) is 47.0. The van der Waals surface area contributed by atoms with Crippen molar-refractivity contribution in [3.63, 3.8) is 0 Å². The molecule has 0 aliphatic carbocycles. The molecule has 9 nitrogen and oxygen atoms in total. The van der Waals surface area contributed by atoms with E-state index in [1.807, 2.05) is 0 Å². The van der Waals surface area contributed by atoms with Crippen LogP contribution in [0.2, 0.25) is 0 Å². The third kappa shape index (κ3) is 41.8. The molecule has 1 aliphatic heterocycles. The summed E-state index contributed by atoms with van der Waals surface area (Å²) in [5, 5.41) is 54.7. The zero-order chi connectivity index (χ0) is 51.5.